The highest BCUT2D eigenvalue weighted by atomic mass is 16.5. The van der Waals surface area contributed by atoms with Crippen LogP contribution in [-0.2, 0) is 19.1 Å². The third-order valence-electron chi connectivity index (χ3n) is 4.35. The predicted molar refractivity (Wildman–Crippen MR) is 113 cm³/mol. The average Bonchev–Trinajstić information content (AvgIpc) is 2.72. The molecule has 0 aliphatic carbocycles. The van der Waals surface area contributed by atoms with Gasteiger partial charge < -0.3 is 15.4 Å². The van der Waals surface area contributed by atoms with Crippen LogP contribution in [0.15, 0.2) is 60.3 Å². The van der Waals surface area contributed by atoms with Crippen LogP contribution in [0.4, 0.5) is 5.69 Å². The number of carbonyl (C=O) groups is 3. The van der Waals surface area contributed by atoms with E-state index in [1.165, 1.54) is 18.6 Å². The molecule has 0 aliphatic rings. The molecule has 2 aromatic carbocycles. The Morgan fingerprint density at radius 1 is 1.03 bits per heavy atom. The van der Waals surface area contributed by atoms with Crippen molar-refractivity contribution in [2.24, 2.45) is 0 Å². The molecule has 0 aromatic heterocycles. The van der Waals surface area contributed by atoms with Crippen LogP contribution in [0, 0.1) is 0 Å². The summed E-state index contributed by atoms with van der Waals surface area (Å²) in [5.41, 5.74) is 2.51. The quantitative estimate of drug-likeness (QED) is 0.526. The molecule has 2 N–H and O–H groups in total. The van der Waals surface area contributed by atoms with Crippen LogP contribution in [0.3, 0.4) is 0 Å². The van der Waals surface area contributed by atoms with E-state index in [9.17, 15) is 14.4 Å². The third kappa shape index (κ3) is 7.25. The van der Waals surface area contributed by atoms with E-state index in [0.717, 1.165) is 12.0 Å². The molecular formula is C23H26N2O4. The maximum Gasteiger partial charge on any atom is 0.355 e. The minimum absolute atomic E-state index is 0.0330. The van der Waals surface area contributed by atoms with Crippen LogP contribution in [0.5, 0.6) is 0 Å². The largest absolute Gasteiger partial charge is 0.451 e. The van der Waals surface area contributed by atoms with Crippen molar-refractivity contribution in [2.45, 2.75) is 33.1 Å². The smallest absolute Gasteiger partial charge is 0.355 e. The van der Waals surface area contributed by atoms with Crippen LogP contribution in [0.25, 0.3) is 6.08 Å². The SMILES string of the molecule is CC[C@H](C)c1ccc(NC(=O)COC(=O)/C(=C/c2ccccc2)NC(C)=O)cc1. The molecule has 0 aliphatic heterocycles. The normalized spacial score (nSPS) is 12.0. The molecule has 0 saturated heterocycles. The lowest BCUT2D eigenvalue weighted by atomic mass is 9.99. The molecule has 0 unspecified atom stereocenters. The van der Waals surface area contributed by atoms with Crippen LogP contribution in [0.1, 0.15) is 44.2 Å². The second-order valence-corrected chi connectivity index (χ2v) is 6.71. The van der Waals surface area contributed by atoms with Gasteiger partial charge in [-0.15, -0.1) is 0 Å². The monoisotopic (exact) mass is 394 g/mol. The van der Waals surface area contributed by atoms with Gasteiger partial charge in [0.2, 0.25) is 5.91 Å². The van der Waals surface area contributed by atoms with Gasteiger partial charge in [-0.1, -0.05) is 56.3 Å². The Hall–Kier alpha value is -3.41. The summed E-state index contributed by atoms with van der Waals surface area (Å²) in [5, 5.41) is 5.13. The van der Waals surface area contributed by atoms with Crippen molar-refractivity contribution in [1.29, 1.82) is 0 Å². The van der Waals surface area contributed by atoms with Gasteiger partial charge in [-0.05, 0) is 41.7 Å². The number of anilines is 1. The number of hydrogen-bond acceptors (Lipinski definition) is 4. The molecule has 2 amide bonds. The molecule has 0 bridgehead atoms. The highest BCUT2D eigenvalue weighted by Crippen LogP contribution is 2.20. The van der Waals surface area contributed by atoms with Crippen molar-refractivity contribution in [1.82, 2.24) is 5.32 Å². The van der Waals surface area contributed by atoms with Gasteiger partial charge in [-0.25, -0.2) is 4.79 Å². The molecular weight excluding hydrogens is 368 g/mol. The van der Waals surface area contributed by atoms with E-state index in [1.807, 2.05) is 42.5 Å². The van der Waals surface area contributed by atoms with Crippen LogP contribution in [0.2, 0.25) is 0 Å². The standard InChI is InChI=1S/C23H26N2O4/c1-4-16(2)19-10-12-20(13-11-19)25-22(27)15-29-23(28)21(24-17(3)26)14-18-8-6-5-7-9-18/h5-14,16H,4,15H2,1-3H3,(H,24,26)(H,25,27)/b21-14-/t16-/m0/s1. The molecule has 1 atom stereocenters. The fraction of sp³-hybridized carbons (Fsp3) is 0.261. The Morgan fingerprint density at radius 3 is 2.28 bits per heavy atom. The first kappa shape index (κ1) is 21.9. The Bertz CT molecular complexity index is 874. The summed E-state index contributed by atoms with van der Waals surface area (Å²) < 4.78 is 5.06. The van der Waals surface area contributed by atoms with Crippen molar-refractivity contribution in [3.05, 3.63) is 71.4 Å². The van der Waals surface area contributed by atoms with E-state index >= 15 is 0 Å². The summed E-state index contributed by atoms with van der Waals surface area (Å²) in [7, 11) is 0. The Balaban J connectivity index is 1.95. The van der Waals surface area contributed by atoms with Gasteiger partial charge in [-0.3, -0.25) is 9.59 Å². The number of nitrogens with one attached hydrogen (secondary N) is 2. The molecule has 0 spiro atoms. The number of benzene rings is 2. The first-order valence-corrected chi connectivity index (χ1v) is 9.50. The fourth-order valence-electron chi connectivity index (χ4n) is 2.59. The van der Waals surface area contributed by atoms with E-state index in [4.69, 9.17) is 4.74 Å². The summed E-state index contributed by atoms with van der Waals surface area (Å²) in [4.78, 5) is 35.8. The second kappa shape index (κ2) is 10.8. The number of esters is 1. The second-order valence-electron chi connectivity index (χ2n) is 6.71. The van der Waals surface area contributed by atoms with E-state index < -0.39 is 24.4 Å². The van der Waals surface area contributed by atoms with E-state index in [0.29, 0.717) is 11.6 Å². The predicted octanol–water partition coefficient (Wildman–Crippen LogP) is 3.86. The number of ether oxygens (including phenoxy) is 1. The van der Waals surface area contributed by atoms with E-state index in [2.05, 4.69) is 24.5 Å². The topological polar surface area (TPSA) is 84.5 Å². The first-order chi connectivity index (χ1) is 13.9. The third-order valence-corrected chi connectivity index (χ3v) is 4.35. The zero-order valence-electron chi connectivity index (χ0n) is 16.9. The summed E-state index contributed by atoms with van der Waals surface area (Å²) in [6, 6.07) is 16.6. The minimum atomic E-state index is -0.786. The molecule has 152 valence electrons. The van der Waals surface area contributed by atoms with Gasteiger partial charge in [0.1, 0.15) is 5.70 Å². The van der Waals surface area contributed by atoms with Crippen LogP contribution >= 0.6 is 0 Å². The van der Waals surface area contributed by atoms with Gasteiger partial charge in [0.15, 0.2) is 6.61 Å². The zero-order valence-corrected chi connectivity index (χ0v) is 16.9. The highest BCUT2D eigenvalue weighted by Gasteiger charge is 2.15. The molecule has 2 rings (SSSR count). The van der Waals surface area contributed by atoms with Crippen molar-refractivity contribution in [2.75, 3.05) is 11.9 Å². The van der Waals surface area contributed by atoms with E-state index in [1.54, 1.807) is 12.1 Å². The zero-order chi connectivity index (χ0) is 21.2. The summed E-state index contributed by atoms with van der Waals surface area (Å²) in [6.07, 6.45) is 2.53. The first-order valence-electron chi connectivity index (χ1n) is 9.50. The number of rotatable bonds is 8. The molecule has 0 heterocycles. The summed E-state index contributed by atoms with van der Waals surface area (Å²) >= 11 is 0. The van der Waals surface area contributed by atoms with Crippen LogP contribution < -0.4 is 10.6 Å². The molecule has 29 heavy (non-hydrogen) atoms. The van der Waals surface area contributed by atoms with Crippen molar-refractivity contribution in [3.8, 4) is 0 Å². The lowest BCUT2D eigenvalue weighted by Crippen LogP contribution is -2.28. The Labute approximate surface area is 171 Å². The highest BCUT2D eigenvalue weighted by molar-refractivity contribution is 5.99. The van der Waals surface area contributed by atoms with Crippen LogP contribution in [-0.4, -0.2) is 24.4 Å². The van der Waals surface area contributed by atoms with E-state index in [-0.39, 0.29) is 5.70 Å². The van der Waals surface area contributed by atoms with Gasteiger partial charge in [0.05, 0.1) is 0 Å². The van der Waals surface area contributed by atoms with Gasteiger partial charge in [-0.2, -0.15) is 0 Å². The lowest BCUT2D eigenvalue weighted by Gasteiger charge is -2.11. The maximum atomic E-state index is 12.3. The molecule has 0 radical (unpaired) electrons. The molecule has 6 heteroatoms. The Morgan fingerprint density at radius 2 is 1.69 bits per heavy atom. The summed E-state index contributed by atoms with van der Waals surface area (Å²) in [5.74, 6) is -1.21. The van der Waals surface area contributed by atoms with Crippen molar-refractivity contribution < 1.29 is 19.1 Å². The Kier molecular flexibility index (Phi) is 8.15. The number of carbonyl (C=O) groups excluding carboxylic acids is 3. The number of hydrogen-bond donors (Lipinski definition) is 2. The average molecular weight is 394 g/mol. The van der Waals surface area contributed by atoms with Crippen molar-refractivity contribution in [3.63, 3.8) is 0 Å². The lowest BCUT2D eigenvalue weighted by molar-refractivity contribution is -0.144. The molecule has 0 saturated carbocycles. The maximum absolute atomic E-state index is 12.3. The number of amides is 2. The van der Waals surface area contributed by atoms with Gasteiger partial charge >= 0.3 is 5.97 Å². The molecule has 6 nitrogen and oxygen atoms in total. The minimum Gasteiger partial charge on any atom is -0.451 e. The molecule has 0 fully saturated rings. The van der Waals surface area contributed by atoms with Crippen molar-refractivity contribution >= 4 is 29.5 Å². The summed E-state index contributed by atoms with van der Waals surface area (Å²) in [6.45, 7) is 5.10. The van der Waals surface area contributed by atoms with Gasteiger partial charge in [0, 0.05) is 12.6 Å². The molecule has 2 aromatic rings. The fourth-order valence-corrected chi connectivity index (χ4v) is 2.59. The van der Waals surface area contributed by atoms with Gasteiger partial charge in [0.25, 0.3) is 5.91 Å².